The van der Waals surface area contributed by atoms with Gasteiger partial charge in [-0.05, 0) is 24.6 Å². The average molecular weight is 283 g/mol. The highest BCUT2D eigenvalue weighted by Gasteiger charge is 2.09. The summed E-state index contributed by atoms with van der Waals surface area (Å²) in [7, 11) is 0. The van der Waals surface area contributed by atoms with E-state index in [0.717, 1.165) is 5.56 Å². The molecule has 0 unspecified atom stereocenters. The maximum absolute atomic E-state index is 11.7. The lowest BCUT2D eigenvalue weighted by Crippen LogP contribution is -2.28. The Bertz CT molecular complexity index is 623. The third-order valence-corrected chi connectivity index (χ3v) is 2.96. The molecule has 0 saturated heterocycles. The van der Waals surface area contributed by atoms with Crippen molar-refractivity contribution in [3.8, 4) is 5.75 Å². The number of Topliss-reactive ketones (excluding diaryl/α,β-unsaturated/α-hetero) is 1. The quantitative estimate of drug-likeness (QED) is 0.829. The van der Waals surface area contributed by atoms with Gasteiger partial charge in [0, 0.05) is 6.54 Å². The van der Waals surface area contributed by atoms with Crippen LogP contribution in [-0.2, 0) is 11.3 Å². The van der Waals surface area contributed by atoms with Crippen LogP contribution in [0.3, 0.4) is 0 Å². The van der Waals surface area contributed by atoms with E-state index in [4.69, 9.17) is 4.74 Å². The summed E-state index contributed by atoms with van der Waals surface area (Å²) >= 11 is 0. The number of ketones is 1. The predicted molar refractivity (Wildman–Crippen MR) is 80.2 cm³/mol. The van der Waals surface area contributed by atoms with Crippen molar-refractivity contribution in [2.45, 2.75) is 13.5 Å². The minimum absolute atomic E-state index is 0.0877. The summed E-state index contributed by atoms with van der Waals surface area (Å²) in [4.78, 5) is 23.2. The lowest BCUT2D eigenvalue weighted by atomic mass is 10.1. The number of amides is 1. The molecule has 0 radical (unpaired) electrons. The van der Waals surface area contributed by atoms with Gasteiger partial charge in [0.05, 0.1) is 5.56 Å². The van der Waals surface area contributed by atoms with Gasteiger partial charge in [0.15, 0.2) is 12.4 Å². The first-order valence-electron chi connectivity index (χ1n) is 6.70. The van der Waals surface area contributed by atoms with Crippen molar-refractivity contribution in [3.05, 3.63) is 65.7 Å². The monoisotopic (exact) mass is 283 g/mol. The molecule has 0 bridgehead atoms. The van der Waals surface area contributed by atoms with E-state index >= 15 is 0 Å². The smallest absolute Gasteiger partial charge is 0.258 e. The van der Waals surface area contributed by atoms with Crippen LogP contribution in [0.5, 0.6) is 5.75 Å². The molecular weight excluding hydrogens is 266 g/mol. The van der Waals surface area contributed by atoms with Crippen molar-refractivity contribution in [2.24, 2.45) is 0 Å². The highest BCUT2D eigenvalue weighted by Crippen LogP contribution is 2.18. The maximum atomic E-state index is 11.7. The van der Waals surface area contributed by atoms with Crippen molar-refractivity contribution in [1.29, 1.82) is 0 Å². The summed E-state index contributed by atoms with van der Waals surface area (Å²) in [5.74, 6) is 0.118. The molecule has 21 heavy (non-hydrogen) atoms. The molecule has 0 spiro atoms. The molecule has 0 saturated carbocycles. The fourth-order valence-electron chi connectivity index (χ4n) is 1.87. The standard InChI is InChI=1S/C17H17NO3/c1-13(19)15-9-5-6-10-16(15)21-12-17(20)18-11-14-7-3-2-4-8-14/h2-10H,11-12H2,1H3,(H,18,20). The Balaban J connectivity index is 1.86. The molecule has 0 aliphatic rings. The molecule has 1 N–H and O–H groups in total. The Morgan fingerprint density at radius 3 is 2.38 bits per heavy atom. The molecule has 0 heterocycles. The van der Waals surface area contributed by atoms with Crippen LogP contribution in [0.1, 0.15) is 22.8 Å². The number of ether oxygens (including phenoxy) is 1. The Morgan fingerprint density at radius 1 is 1.00 bits per heavy atom. The van der Waals surface area contributed by atoms with Crippen LogP contribution in [0.4, 0.5) is 0 Å². The van der Waals surface area contributed by atoms with Gasteiger partial charge in [-0.1, -0.05) is 42.5 Å². The van der Waals surface area contributed by atoms with E-state index in [1.165, 1.54) is 6.92 Å². The van der Waals surface area contributed by atoms with Gasteiger partial charge in [-0.2, -0.15) is 0 Å². The Labute approximate surface area is 123 Å². The molecule has 0 atom stereocenters. The predicted octanol–water partition coefficient (Wildman–Crippen LogP) is 2.58. The van der Waals surface area contributed by atoms with Crippen molar-refractivity contribution in [2.75, 3.05) is 6.61 Å². The summed E-state index contributed by atoms with van der Waals surface area (Å²) in [6, 6.07) is 16.5. The van der Waals surface area contributed by atoms with E-state index in [2.05, 4.69) is 5.32 Å². The fourth-order valence-corrected chi connectivity index (χ4v) is 1.87. The van der Waals surface area contributed by atoms with Crippen LogP contribution in [0.15, 0.2) is 54.6 Å². The highest BCUT2D eigenvalue weighted by atomic mass is 16.5. The Kier molecular flexibility index (Phi) is 5.10. The minimum Gasteiger partial charge on any atom is -0.483 e. The number of nitrogens with one attached hydrogen (secondary N) is 1. The number of benzene rings is 2. The maximum Gasteiger partial charge on any atom is 0.258 e. The number of hydrogen-bond acceptors (Lipinski definition) is 3. The molecule has 0 aromatic heterocycles. The molecule has 0 aliphatic heterocycles. The van der Waals surface area contributed by atoms with Crippen molar-refractivity contribution < 1.29 is 14.3 Å². The second-order valence-corrected chi connectivity index (χ2v) is 4.60. The van der Waals surface area contributed by atoms with Crippen LogP contribution in [0.25, 0.3) is 0 Å². The Morgan fingerprint density at radius 2 is 1.67 bits per heavy atom. The molecule has 2 aromatic rings. The van der Waals surface area contributed by atoms with E-state index in [-0.39, 0.29) is 18.3 Å². The van der Waals surface area contributed by atoms with Gasteiger partial charge in [0.1, 0.15) is 5.75 Å². The number of rotatable bonds is 6. The summed E-state index contributed by atoms with van der Waals surface area (Å²) < 4.78 is 5.42. The lowest BCUT2D eigenvalue weighted by Gasteiger charge is -2.10. The molecule has 1 amide bonds. The first-order chi connectivity index (χ1) is 10.2. The molecule has 2 aromatic carbocycles. The van der Waals surface area contributed by atoms with Crippen LogP contribution >= 0.6 is 0 Å². The van der Waals surface area contributed by atoms with Gasteiger partial charge in [0.25, 0.3) is 5.91 Å². The van der Waals surface area contributed by atoms with Gasteiger partial charge in [-0.15, -0.1) is 0 Å². The summed E-state index contributed by atoms with van der Waals surface area (Å²) in [6.45, 7) is 1.81. The second kappa shape index (κ2) is 7.24. The minimum atomic E-state index is -0.225. The van der Waals surface area contributed by atoms with E-state index < -0.39 is 0 Å². The highest BCUT2D eigenvalue weighted by molar-refractivity contribution is 5.96. The van der Waals surface area contributed by atoms with Crippen LogP contribution in [-0.4, -0.2) is 18.3 Å². The lowest BCUT2D eigenvalue weighted by molar-refractivity contribution is -0.123. The van der Waals surface area contributed by atoms with Gasteiger partial charge < -0.3 is 10.1 Å². The molecular formula is C17H17NO3. The van der Waals surface area contributed by atoms with E-state index in [1.54, 1.807) is 24.3 Å². The number of carbonyl (C=O) groups is 2. The third-order valence-electron chi connectivity index (χ3n) is 2.96. The van der Waals surface area contributed by atoms with Crippen LogP contribution < -0.4 is 10.1 Å². The number of para-hydroxylation sites is 1. The summed E-state index contributed by atoms with van der Waals surface area (Å²) in [5.41, 5.74) is 1.50. The van der Waals surface area contributed by atoms with Crippen molar-refractivity contribution in [3.63, 3.8) is 0 Å². The van der Waals surface area contributed by atoms with Gasteiger partial charge in [-0.25, -0.2) is 0 Å². The van der Waals surface area contributed by atoms with Crippen molar-refractivity contribution >= 4 is 11.7 Å². The first-order valence-corrected chi connectivity index (χ1v) is 6.70. The summed E-state index contributed by atoms with van der Waals surface area (Å²) in [6.07, 6.45) is 0. The largest absolute Gasteiger partial charge is 0.483 e. The van der Waals surface area contributed by atoms with Crippen molar-refractivity contribution in [1.82, 2.24) is 5.32 Å². The van der Waals surface area contributed by atoms with Gasteiger partial charge >= 0.3 is 0 Å². The fraction of sp³-hybridized carbons (Fsp3) is 0.176. The molecule has 4 nitrogen and oxygen atoms in total. The van der Waals surface area contributed by atoms with E-state index in [0.29, 0.717) is 17.9 Å². The van der Waals surface area contributed by atoms with Gasteiger partial charge in [-0.3, -0.25) is 9.59 Å². The molecule has 0 fully saturated rings. The summed E-state index contributed by atoms with van der Waals surface area (Å²) in [5, 5.41) is 2.77. The molecule has 4 heteroatoms. The molecule has 108 valence electrons. The van der Waals surface area contributed by atoms with E-state index in [1.807, 2.05) is 30.3 Å². The normalized spacial score (nSPS) is 9.95. The Hall–Kier alpha value is -2.62. The number of carbonyl (C=O) groups excluding carboxylic acids is 2. The zero-order chi connectivity index (χ0) is 15.1. The third kappa shape index (κ3) is 4.45. The average Bonchev–Trinajstić information content (AvgIpc) is 2.52. The van der Waals surface area contributed by atoms with Crippen LogP contribution in [0, 0.1) is 0 Å². The van der Waals surface area contributed by atoms with Gasteiger partial charge in [0.2, 0.25) is 0 Å². The molecule has 0 aliphatic carbocycles. The van der Waals surface area contributed by atoms with E-state index in [9.17, 15) is 9.59 Å². The SMILES string of the molecule is CC(=O)c1ccccc1OCC(=O)NCc1ccccc1. The molecule has 2 rings (SSSR count). The number of hydrogen-bond donors (Lipinski definition) is 1. The zero-order valence-corrected chi connectivity index (χ0v) is 11.8. The second-order valence-electron chi connectivity index (χ2n) is 4.60. The first kappa shape index (κ1) is 14.8. The topological polar surface area (TPSA) is 55.4 Å². The zero-order valence-electron chi connectivity index (χ0n) is 11.8. The van der Waals surface area contributed by atoms with Crippen LogP contribution in [0.2, 0.25) is 0 Å².